The third-order valence-electron chi connectivity index (χ3n) is 9.27. The zero-order chi connectivity index (χ0) is 29.0. The smallest absolute Gasteiger partial charge is 0.238 e. The van der Waals surface area contributed by atoms with Crippen LogP contribution in [0.4, 0.5) is 11.4 Å². The molecule has 3 heterocycles. The van der Waals surface area contributed by atoms with Gasteiger partial charge in [0.25, 0.3) is 0 Å². The molecule has 5 heteroatoms. The molecule has 0 aliphatic carbocycles. The highest BCUT2D eigenvalue weighted by Crippen LogP contribution is 2.58. The van der Waals surface area contributed by atoms with E-state index >= 15 is 0 Å². The Morgan fingerprint density at radius 2 is 1.48 bits per heavy atom. The van der Waals surface area contributed by atoms with Gasteiger partial charge in [0.05, 0.1) is 12.0 Å². The van der Waals surface area contributed by atoms with E-state index in [1.807, 2.05) is 97.9 Å². The minimum atomic E-state index is -1.31. The average Bonchev–Trinajstić information content (AvgIpc) is 3.49. The van der Waals surface area contributed by atoms with E-state index in [1.165, 1.54) is 0 Å². The molecule has 42 heavy (non-hydrogen) atoms. The van der Waals surface area contributed by atoms with Gasteiger partial charge in [-0.3, -0.25) is 14.4 Å². The number of allylic oxidation sites excluding steroid dienone is 1. The third-order valence-corrected chi connectivity index (χ3v) is 9.27. The summed E-state index contributed by atoms with van der Waals surface area (Å²) in [5, 5.41) is 3.11. The Morgan fingerprint density at radius 1 is 0.810 bits per heavy atom. The van der Waals surface area contributed by atoms with E-state index in [2.05, 4.69) is 23.2 Å². The Kier molecular flexibility index (Phi) is 6.19. The Morgan fingerprint density at radius 3 is 2.24 bits per heavy atom. The summed E-state index contributed by atoms with van der Waals surface area (Å²) in [5.74, 6) is -1.58. The van der Waals surface area contributed by atoms with Crippen molar-refractivity contribution in [2.24, 2.45) is 5.92 Å². The first-order chi connectivity index (χ1) is 20.5. The number of benzene rings is 4. The summed E-state index contributed by atoms with van der Waals surface area (Å²) in [4.78, 5) is 46.2. The fourth-order valence-corrected chi connectivity index (χ4v) is 7.46. The second-order valence-electron chi connectivity index (χ2n) is 11.6. The molecule has 1 saturated heterocycles. The maximum absolute atomic E-state index is 14.9. The summed E-state index contributed by atoms with van der Waals surface area (Å²) in [6, 6.07) is 31.0. The van der Waals surface area contributed by atoms with Crippen molar-refractivity contribution in [1.82, 2.24) is 0 Å². The maximum atomic E-state index is 14.9. The number of nitrogens with one attached hydrogen (secondary N) is 1. The molecule has 4 aromatic carbocycles. The number of anilines is 2. The zero-order valence-electron chi connectivity index (χ0n) is 23.7. The number of hydrogen-bond donors (Lipinski definition) is 1. The molecule has 3 aliphatic heterocycles. The monoisotopic (exact) mass is 552 g/mol. The first-order valence-electron chi connectivity index (χ1n) is 14.7. The van der Waals surface area contributed by atoms with Crippen LogP contribution in [0.3, 0.4) is 0 Å². The number of para-hydroxylation sites is 2. The van der Waals surface area contributed by atoms with Crippen LogP contribution in [0.2, 0.25) is 0 Å². The molecule has 1 fully saturated rings. The molecule has 0 aromatic heterocycles. The molecule has 1 amide bonds. The largest absolute Gasteiger partial charge is 0.352 e. The SMILES string of the molecule is CCCc1ccc(C(=O)[C@@H]2[C@H](C(=O)c3ccccc3)N3c4ccccc4C(C)=C[C@@H]3[C@]23C(=O)Nc2ccccc23)cc1. The number of carbonyl (C=O) groups is 3. The molecule has 4 aromatic rings. The van der Waals surface area contributed by atoms with Crippen molar-refractivity contribution in [1.29, 1.82) is 0 Å². The van der Waals surface area contributed by atoms with Gasteiger partial charge in [-0.25, -0.2) is 0 Å². The third kappa shape index (κ3) is 3.66. The van der Waals surface area contributed by atoms with Crippen molar-refractivity contribution < 1.29 is 14.4 Å². The van der Waals surface area contributed by atoms with E-state index in [-0.39, 0.29) is 17.5 Å². The molecule has 0 unspecified atom stereocenters. The summed E-state index contributed by atoms with van der Waals surface area (Å²) >= 11 is 0. The fraction of sp³-hybridized carbons (Fsp3) is 0.216. The van der Waals surface area contributed by atoms with E-state index < -0.39 is 23.4 Å². The molecule has 1 spiro atoms. The minimum absolute atomic E-state index is 0.168. The number of carbonyl (C=O) groups excluding carboxylic acids is 3. The summed E-state index contributed by atoms with van der Waals surface area (Å²) in [5.41, 5.74) is 5.21. The van der Waals surface area contributed by atoms with Crippen LogP contribution in [-0.4, -0.2) is 29.6 Å². The van der Waals surface area contributed by atoms with Crippen molar-refractivity contribution in [2.45, 2.75) is 44.2 Å². The molecule has 0 bridgehead atoms. The lowest BCUT2D eigenvalue weighted by Gasteiger charge is -2.39. The number of fused-ring (bicyclic) bond motifs is 6. The Hall–Kier alpha value is -4.77. The molecule has 3 aliphatic rings. The molecule has 7 rings (SSSR count). The van der Waals surface area contributed by atoms with Crippen molar-refractivity contribution >= 4 is 34.4 Å². The molecule has 208 valence electrons. The van der Waals surface area contributed by atoms with Gasteiger partial charge in [0, 0.05) is 28.1 Å². The molecule has 0 saturated carbocycles. The Bertz CT molecular complexity index is 1760. The first-order valence-corrected chi connectivity index (χ1v) is 14.7. The molecule has 4 atom stereocenters. The van der Waals surface area contributed by atoms with Crippen LogP contribution in [0.1, 0.15) is 57.7 Å². The van der Waals surface area contributed by atoms with Crippen molar-refractivity contribution in [2.75, 3.05) is 10.2 Å². The van der Waals surface area contributed by atoms with Gasteiger partial charge in [0.2, 0.25) is 5.91 Å². The molecule has 1 N–H and O–H groups in total. The lowest BCUT2D eigenvalue weighted by molar-refractivity contribution is -0.121. The predicted molar refractivity (Wildman–Crippen MR) is 166 cm³/mol. The highest BCUT2D eigenvalue weighted by Gasteiger charge is 2.70. The minimum Gasteiger partial charge on any atom is -0.352 e. The Balaban J connectivity index is 1.52. The number of Topliss-reactive ketones (excluding diaryl/α,β-unsaturated/α-hetero) is 2. The number of ketones is 2. The predicted octanol–water partition coefficient (Wildman–Crippen LogP) is 6.89. The highest BCUT2D eigenvalue weighted by atomic mass is 16.2. The van der Waals surface area contributed by atoms with Crippen molar-refractivity contribution in [3.8, 4) is 0 Å². The van der Waals surface area contributed by atoms with Crippen LogP contribution < -0.4 is 10.2 Å². The van der Waals surface area contributed by atoms with Crippen LogP contribution >= 0.6 is 0 Å². The highest BCUT2D eigenvalue weighted by molar-refractivity contribution is 6.18. The van der Waals surface area contributed by atoms with Crippen LogP contribution in [0.5, 0.6) is 0 Å². The number of hydrogen-bond acceptors (Lipinski definition) is 4. The van der Waals surface area contributed by atoms with E-state index in [1.54, 1.807) is 12.1 Å². The van der Waals surface area contributed by atoms with E-state index in [9.17, 15) is 14.4 Å². The summed E-state index contributed by atoms with van der Waals surface area (Å²) in [6.07, 6.45) is 4.02. The molecular weight excluding hydrogens is 520 g/mol. The molecule has 0 radical (unpaired) electrons. The topological polar surface area (TPSA) is 66.5 Å². The summed E-state index contributed by atoms with van der Waals surface area (Å²) in [6.45, 7) is 4.17. The van der Waals surface area contributed by atoms with Gasteiger partial charge in [0.1, 0.15) is 11.5 Å². The van der Waals surface area contributed by atoms with Crippen molar-refractivity contribution in [3.63, 3.8) is 0 Å². The second kappa shape index (κ2) is 9.95. The quantitative estimate of drug-likeness (QED) is 0.265. The van der Waals surface area contributed by atoms with Gasteiger partial charge < -0.3 is 10.2 Å². The average molecular weight is 553 g/mol. The van der Waals surface area contributed by atoms with E-state index in [4.69, 9.17) is 0 Å². The number of rotatable bonds is 6. The second-order valence-corrected chi connectivity index (χ2v) is 11.6. The van der Waals surface area contributed by atoms with Gasteiger partial charge in [-0.05, 0) is 42.2 Å². The number of nitrogens with zero attached hydrogens (tertiary/aromatic N) is 1. The fourth-order valence-electron chi connectivity index (χ4n) is 7.46. The van der Waals surface area contributed by atoms with Crippen LogP contribution in [0.25, 0.3) is 5.57 Å². The molecular formula is C37H32N2O3. The zero-order valence-corrected chi connectivity index (χ0v) is 23.7. The van der Waals surface area contributed by atoms with Gasteiger partial charge in [-0.15, -0.1) is 0 Å². The standard InChI is InChI=1S/C37H32N2O3/c1-3-11-24-18-20-26(21-19-24)34(40)32-33(35(41)25-12-5-4-6-13-25)39-30-17-10-7-14-27(30)23(2)22-31(39)37(32)28-15-8-9-16-29(28)38-36(37)42/h4-10,12-22,31-33H,3,11H2,1-2H3,(H,38,42)/t31-,32+,33-,37+/m1/s1. The first kappa shape index (κ1) is 26.1. The van der Waals surface area contributed by atoms with Gasteiger partial charge in [-0.2, -0.15) is 0 Å². The maximum Gasteiger partial charge on any atom is 0.238 e. The van der Waals surface area contributed by atoms with Crippen molar-refractivity contribution in [3.05, 3.63) is 137 Å². The lowest BCUT2D eigenvalue weighted by Crippen LogP contribution is -2.51. The van der Waals surface area contributed by atoms with Gasteiger partial charge in [-0.1, -0.05) is 110 Å². The molecule has 5 nitrogen and oxygen atoms in total. The lowest BCUT2D eigenvalue weighted by atomic mass is 9.64. The number of amides is 1. The number of aryl methyl sites for hydroxylation is 1. The van der Waals surface area contributed by atoms with Gasteiger partial charge in [0.15, 0.2) is 11.6 Å². The summed E-state index contributed by atoms with van der Waals surface area (Å²) in [7, 11) is 0. The van der Waals surface area contributed by atoms with E-state index in [0.717, 1.165) is 40.8 Å². The summed E-state index contributed by atoms with van der Waals surface area (Å²) < 4.78 is 0. The Labute approximate surface area is 245 Å². The van der Waals surface area contributed by atoms with Crippen LogP contribution in [0.15, 0.2) is 109 Å². The van der Waals surface area contributed by atoms with Crippen LogP contribution in [0, 0.1) is 5.92 Å². The van der Waals surface area contributed by atoms with E-state index in [0.29, 0.717) is 16.8 Å². The normalized spacial score (nSPS) is 23.6. The van der Waals surface area contributed by atoms with Gasteiger partial charge >= 0.3 is 0 Å². The van der Waals surface area contributed by atoms with Crippen LogP contribution in [-0.2, 0) is 16.6 Å².